The first-order valence-electron chi connectivity index (χ1n) is 10.9. The van der Waals surface area contributed by atoms with E-state index in [1.165, 1.54) is 0 Å². The monoisotopic (exact) mass is 435 g/mol. The Hall–Kier alpha value is -3.62. The van der Waals surface area contributed by atoms with E-state index in [0.717, 1.165) is 24.2 Å². The van der Waals surface area contributed by atoms with Crippen molar-refractivity contribution >= 4 is 22.9 Å². The number of nitrogens with zero attached hydrogens (tertiary/aromatic N) is 4. The molecular weight excluding hydrogens is 410 g/mol. The third kappa shape index (κ3) is 3.74. The molecule has 2 aliphatic rings. The van der Waals surface area contributed by atoms with E-state index in [1.807, 2.05) is 42.2 Å². The molecular formula is C23H25N5O4. The fourth-order valence-corrected chi connectivity index (χ4v) is 4.33. The molecule has 1 aromatic carbocycles. The van der Waals surface area contributed by atoms with Gasteiger partial charge in [-0.05, 0) is 49.6 Å². The van der Waals surface area contributed by atoms with Crippen molar-refractivity contribution in [2.45, 2.75) is 32.9 Å². The van der Waals surface area contributed by atoms with E-state index in [2.05, 4.69) is 15.3 Å². The highest BCUT2D eigenvalue weighted by molar-refractivity contribution is 5.79. The Labute approximate surface area is 185 Å². The number of benzene rings is 1. The standard InChI is InChI=1S/C23H25N5O4/c1-2-28-20-17(6-3-9-24-20)26-21(23(28)30)27-10-4-5-16(13-27)22(29)25-12-15-7-8-18-19(11-15)32-14-31-18/h3,6-9,11,16H,2,4-5,10,12-14H2,1H3,(H,25,29)/t16-/m0/s1. The number of anilines is 1. The van der Waals surface area contributed by atoms with Gasteiger partial charge in [-0.15, -0.1) is 0 Å². The van der Waals surface area contributed by atoms with Crippen molar-refractivity contribution in [1.82, 2.24) is 19.9 Å². The number of carbonyl (C=O) groups excluding carboxylic acids is 1. The van der Waals surface area contributed by atoms with Crippen molar-refractivity contribution in [2.75, 3.05) is 24.8 Å². The molecule has 2 aromatic heterocycles. The normalized spacial score (nSPS) is 17.5. The van der Waals surface area contributed by atoms with E-state index in [1.54, 1.807) is 10.8 Å². The lowest BCUT2D eigenvalue weighted by Crippen LogP contribution is -2.45. The minimum absolute atomic E-state index is 0.0226. The van der Waals surface area contributed by atoms with Gasteiger partial charge < -0.3 is 19.7 Å². The number of rotatable bonds is 5. The minimum atomic E-state index is -0.210. The first-order chi connectivity index (χ1) is 15.6. The highest BCUT2D eigenvalue weighted by Gasteiger charge is 2.28. The van der Waals surface area contributed by atoms with E-state index < -0.39 is 0 Å². The fourth-order valence-electron chi connectivity index (χ4n) is 4.33. The maximum atomic E-state index is 13.1. The van der Waals surface area contributed by atoms with E-state index >= 15 is 0 Å². The largest absolute Gasteiger partial charge is 0.454 e. The summed E-state index contributed by atoms with van der Waals surface area (Å²) in [5, 5.41) is 3.02. The molecule has 4 heterocycles. The van der Waals surface area contributed by atoms with Crippen molar-refractivity contribution in [3.05, 3.63) is 52.4 Å². The molecule has 9 nitrogen and oxygen atoms in total. The van der Waals surface area contributed by atoms with Gasteiger partial charge in [-0.3, -0.25) is 14.2 Å². The summed E-state index contributed by atoms with van der Waals surface area (Å²) in [5.41, 5.74) is 2.04. The zero-order valence-corrected chi connectivity index (χ0v) is 17.9. The van der Waals surface area contributed by atoms with Gasteiger partial charge in [-0.1, -0.05) is 6.07 Å². The maximum absolute atomic E-state index is 13.1. The second kappa shape index (κ2) is 8.49. The van der Waals surface area contributed by atoms with Gasteiger partial charge in [-0.2, -0.15) is 0 Å². The molecule has 1 saturated heterocycles. The topological polar surface area (TPSA) is 98.6 Å². The van der Waals surface area contributed by atoms with Crippen molar-refractivity contribution in [3.63, 3.8) is 0 Å². The molecule has 0 unspecified atom stereocenters. The predicted octanol–water partition coefficient (Wildman–Crippen LogP) is 2.07. The van der Waals surface area contributed by atoms with Crippen molar-refractivity contribution in [2.24, 2.45) is 5.92 Å². The van der Waals surface area contributed by atoms with Gasteiger partial charge in [-0.25, -0.2) is 9.97 Å². The Kier molecular flexibility index (Phi) is 5.38. The Balaban J connectivity index is 1.30. The van der Waals surface area contributed by atoms with Gasteiger partial charge in [0.2, 0.25) is 12.7 Å². The first kappa shape index (κ1) is 20.3. The van der Waals surface area contributed by atoms with Gasteiger partial charge in [0.25, 0.3) is 5.56 Å². The smallest absolute Gasteiger partial charge is 0.295 e. The van der Waals surface area contributed by atoms with Crippen LogP contribution in [-0.2, 0) is 17.9 Å². The average Bonchev–Trinajstić information content (AvgIpc) is 3.30. The van der Waals surface area contributed by atoms with Crippen molar-refractivity contribution in [1.29, 1.82) is 0 Å². The molecule has 166 valence electrons. The Morgan fingerprint density at radius 3 is 3.00 bits per heavy atom. The van der Waals surface area contributed by atoms with Crippen LogP contribution < -0.4 is 25.2 Å². The summed E-state index contributed by atoms with van der Waals surface area (Å²) in [4.78, 5) is 36.8. The highest BCUT2D eigenvalue weighted by Crippen LogP contribution is 2.32. The summed E-state index contributed by atoms with van der Waals surface area (Å²) >= 11 is 0. The minimum Gasteiger partial charge on any atom is -0.454 e. The van der Waals surface area contributed by atoms with Crippen LogP contribution in [0.4, 0.5) is 5.82 Å². The number of aromatic nitrogens is 3. The van der Waals surface area contributed by atoms with Crippen LogP contribution in [0.25, 0.3) is 11.2 Å². The third-order valence-corrected chi connectivity index (χ3v) is 6.00. The number of hydrogen-bond acceptors (Lipinski definition) is 7. The number of nitrogens with one attached hydrogen (secondary N) is 1. The summed E-state index contributed by atoms with van der Waals surface area (Å²) < 4.78 is 12.4. The van der Waals surface area contributed by atoms with Crippen LogP contribution in [0, 0.1) is 5.92 Å². The van der Waals surface area contributed by atoms with Gasteiger partial charge in [0.15, 0.2) is 23.0 Å². The number of hydrogen-bond donors (Lipinski definition) is 1. The molecule has 32 heavy (non-hydrogen) atoms. The third-order valence-electron chi connectivity index (χ3n) is 6.00. The lowest BCUT2D eigenvalue weighted by Gasteiger charge is -2.32. The molecule has 0 bridgehead atoms. The van der Waals surface area contributed by atoms with Gasteiger partial charge in [0.1, 0.15) is 5.52 Å². The van der Waals surface area contributed by atoms with E-state index in [0.29, 0.717) is 48.9 Å². The van der Waals surface area contributed by atoms with Gasteiger partial charge in [0.05, 0.1) is 5.92 Å². The second-order valence-electron chi connectivity index (χ2n) is 8.02. The molecule has 1 N–H and O–H groups in total. The molecule has 1 atom stereocenters. The molecule has 1 fully saturated rings. The summed E-state index contributed by atoms with van der Waals surface area (Å²) in [6.45, 7) is 4.22. The Morgan fingerprint density at radius 1 is 1.25 bits per heavy atom. The number of piperidine rings is 1. The van der Waals surface area contributed by atoms with Crippen molar-refractivity contribution in [3.8, 4) is 11.5 Å². The van der Waals surface area contributed by atoms with Crippen LogP contribution in [0.2, 0.25) is 0 Å². The number of amides is 1. The molecule has 9 heteroatoms. The molecule has 0 spiro atoms. The molecule has 3 aromatic rings. The van der Waals surface area contributed by atoms with Crippen molar-refractivity contribution < 1.29 is 14.3 Å². The molecule has 5 rings (SSSR count). The summed E-state index contributed by atoms with van der Waals surface area (Å²) in [7, 11) is 0. The molecule has 0 aliphatic carbocycles. The van der Waals surface area contributed by atoms with E-state index in [-0.39, 0.29) is 24.2 Å². The number of ether oxygens (including phenoxy) is 2. The summed E-state index contributed by atoms with van der Waals surface area (Å²) in [6.07, 6.45) is 3.26. The highest BCUT2D eigenvalue weighted by atomic mass is 16.7. The average molecular weight is 435 g/mol. The van der Waals surface area contributed by atoms with Crippen LogP contribution in [0.3, 0.4) is 0 Å². The lowest BCUT2D eigenvalue weighted by atomic mass is 9.97. The van der Waals surface area contributed by atoms with Crippen LogP contribution >= 0.6 is 0 Å². The molecule has 0 saturated carbocycles. The molecule has 0 radical (unpaired) electrons. The first-order valence-corrected chi connectivity index (χ1v) is 10.9. The summed E-state index contributed by atoms with van der Waals surface area (Å²) in [5.74, 6) is 1.58. The Morgan fingerprint density at radius 2 is 2.12 bits per heavy atom. The Bertz CT molecular complexity index is 1220. The number of aryl methyl sites for hydroxylation is 1. The van der Waals surface area contributed by atoms with E-state index in [4.69, 9.17) is 9.47 Å². The van der Waals surface area contributed by atoms with Crippen LogP contribution in [0.1, 0.15) is 25.3 Å². The SMILES string of the molecule is CCn1c(=O)c(N2CCC[C@H](C(=O)NCc3ccc4c(c3)OCO4)C2)nc2cccnc21. The number of fused-ring (bicyclic) bond motifs is 2. The van der Waals surface area contributed by atoms with E-state index in [9.17, 15) is 9.59 Å². The lowest BCUT2D eigenvalue weighted by molar-refractivity contribution is -0.125. The quantitative estimate of drug-likeness (QED) is 0.655. The predicted molar refractivity (Wildman–Crippen MR) is 119 cm³/mol. The number of carbonyl (C=O) groups is 1. The maximum Gasteiger partial charge on any atom is 0.295 e. The number of pyridine rings is 1. The van der Waals surface area contributed by atoms with Crippen LogP contribution in [-0.4, -0.2) is 40.3 Å². The van der Waals surface area contributed by atoms with Crippen LogP contribution in [0.5, 0.6) is 11.5 Å². The zero-order valence-electron chi connectivity index (χ0n) is 17.9. The molecule has 2 aliphatic heterocycles. The molecule has 1 amide bonds. The zero-order chi connectivity index (χ0) is 22.1. The van der Waals surface area contributed by atoms with Gasteiger partial charge >= 0.3 is 0 Å². The summed E-state index contributed by atoms with van der Waals surface area (Å²) in [6, 6.07) is 9.32. The fraction of sp³-hybridized carbons (Fsp3) is 0.391. The van der Waals surface area contributed by atoms with Crippen LogP contribution in [0.15, 0.2) is 41.3 Å². The second-order valence-corrected chi connectivity index (χ2v) is 8.02. The van der Waals surface area contributed by atoms with Gasteiger partial charge in [0, 0.05) is 32.4 Å².